The van der Waals surface area contributed by atoms with E-state index in [1.54, 1.807) is 0 Å². The van der Waals surface area contributed by atoms with Crippen molar-refractivity contribution in [2.75, 3.05) is 0 Å². The SMILES string of the molecule is C=CC[Si](C)(P)CC=C. The van der Waals surface area contributed by atoms with E-state index >= 15 is 0 Å². The quantitative estimate of drug-likeness (QED) is 0.335. The van der Waals surface area contributed by atoms with Crippen molar-refractivity contribution in [3.8, 4) is 0 Å². The lowest BCUT2D eigenvalue weighted by molar-refractivity contribution is 1.51. The molecule has 0 aromatic carbocycles. The number of hydrogen-bond acceptors (Lipinski definition) is 0. The van der Waals surface area contributed by atoms with Gasteiger partial charge in [0.1, 0.15) is 0 Å². The van der Waals surface area contributed by atoms with Crippen molar-refractivity contribution in [2.24, 2.45) is 0 Å². The van der Waals surface area contributed by atoms with Gasteiger partial charge >= 0.3 is 0 Å². The molecule has 1 atom stereocenters. The fraction of sp³-hybridized carbons (Fsp3) is 0.429. The monoisotopic (exact) mass is 158 g/mol. The zero-order valence-electron chi connectivity index (χ0n) is 6.06. The molecule has 0 heterocycles. The Morgan fingerprint density at radius 1 is 1.33 bits per heavy atom. The molecule has 0 saturated carbocycles. The summed E-state index contributed by atoms with van der Waals surface area (Å²) < 4.78 is 0. The van der Waals surface area contributed by atoms with Gasteiger partial charge in [0.15, 0.2) is 0 Å². The summed E-state index contributed by atoms with van der Waals surface area (Å²) in [6.45, 7) is 9.75. The minimum atomic E-state index is -1.02. The molecule has 0 aromatic heterocycles. The Morgan fingerprint density at radius 3 is 1.89 bits per heavy atom. The summed E-state index contributed by atoms with van der Waals surface area (Å²) >= 11 is 0. The molecule has 0 amide bonds. The topological polar surface area (TPSA) is 0 Å². The van der Waals surface area contributed by atoms with Crippen LogP contribution in [-0.4, -0.2) is 7.74 Å². The molecule has 1 unspecified atom stereocenters. The van der Waals surface area contributed by atoms with E-state index in [9.17, 15) is 0 Å². The van der Waals surface area contributed by atoms with Crippen LogP contribution in [0.5, 0.6) is 0 Å². The van der Waals surface area contributed by atoms with Gasteiger partial charge in [-0.2, -0.15) is 0 Å². The van der Waals surface area contributed by atoms with Crippen LogP contribution >= 0.6 is 8.79 Å². The molecule has 0 rings (SSSR count). The Bertz CT molecular complexity index is 95.5. The highest BCUT2D eigenvalue weighted by atomic mass is 31.3. The van der Waals surface area contributed by atoms with Crippen LogP contribution in [-0.2, 0) is 0 Å². The van der Waals surface area contributed by atoms with Gasteiger partial charge in [-0.25, -0.2) is 0 Å². The van der Waals surface area contributed by atoms with Crippen molar-refractivity contribution in [3.05, 3.63) is 25.3 Å². The van der Waals surface area contributed by atoms with E-state index in [4.69, 9.17) is 0 Å². The molecular formula is C7H15PSi. The molecular weight excluding hydrogens is 143 g/mol. The van der Waals surface area contributed by atoms with Gasteiger partial charge in [0.05, 0.1) is 7.74 Å². The van der Waals surface area contributed by atoms with E-state index in [1.165, 1.54) is 12.1 Å². The molecule has 9 heavy (non-hydrogen) atoms. The molecule has 0 nitrogen and oxygen atoms in total. The summed E-state index contributed by atoms with van der Waals surface area (Å²) in [7, 11) is 1.93. The average Bonchev–Trinajstić information content (AvgIpc) is 1.64. The minimum absolute atomic E-state index is 1.02. The molecule has 0 spiro atoms. The summed E-state index contributed by atoms with van der Waals surface area (Å²) in [5, 5.41) is 0. The molecule has 0 aliphatic carbocycles. The van der Waals surface area contributed by atoms with Crippen molar-refractivity contribution < 1.29 is 0 Å². The molecule has 0 fully saturated rings. The van der Waals surface area contributed by atoms with Crippen molar-refractivity contribution in [3.63, 3.8) is 0 Å². The highest BCUT2D eigenvalue weighted by molar-refractivity contribution is 7.69. The first-order valence-corrected chi connectivity index (χ1v) is 7.85. The predicted octanol–water partition coefficient (Wildman–Crippen LogP) is 2.81. The van der Waals surface area contributed by atoms with E-state index in [-0.39, 0.29) is 0 Å². The van der Waals surface area contributed by atoms with Crippen LogP contribution < -0.4 is 0 Å². The molecule has 52 valence electrons. The summed E-state index contributed by atoms with van der Waals surface area (Å²) in [5.41, 5.74) is 0. The summed E-state index contributed by atoms with van der Waals surface area (Å²) in [5.74, 6) is 0. The fourth-order valence-corrected chi connectivity index (χ4v) is 3.23. The lowest BCUT2D eigenvalue weighted by Crippen LogP contribution is -2.17. The van der Waals surface area contributed by atoms with Gasteiger partial charge in [0, 0.05) is 0 Å². The summed E-state index contributed by atoms with van der Waals surface area (Å²) in [4.78, 5) is 0. The normalized spacial score (nSPS) is 10.9. The maximum Gasteiger partial charge on any atom is 0.0789 e. The van der Waals surface area contributed by atoms with Crippen molar-refractivity contribution >= 4 is 16.5 Å². The number of rotatable bonds is 4. The first-order chi connectivity index (χ1) is 4.12. The zero-order valence-corrected chi connectivity index (χ0v) is 8.22. The van der Waals surface area contributed by atoms with E-state index < -0.39 is 7.74 Å². The predicted molar refractivity (Wildman–Crippen MR) is 51.3 cm³/mol. The van der Waals surface area contributed by atoms with Gasteiger partial charge < -0.3 is 0 Å². The van der Waals surface area contributed by atoms with E-state index in [2.05, 4.69) is 28.5 Å². The lowest BCUT2D eigenvalue weighted by atomic mass is 10.7. The van der Waals surface area contributed by atoms with Crippen LogP contribution in [0, 0.1) is 0 Å². The van der Waals surface area contributed by atoms with E-state index in [0.717, 1.165) is 0 Å². The van der Waals surface area contributed by atoms with Crippen molar-refractivity contribution in [1.29, 1.82) is 0 Å². The molecule has 0 bridgehead atoms. The summed E-state index contributed by atoms with van der Waals surface area (Å²) in [6, 6.07) is 2.34. The molecule has 2 heteroatoms. The standard InChI is InChI=1S/C7H15PSi/c1-4-6-9(3,8)7-5-2/h4-5H,1-2,6-8H2,3H3. The van der Waals surface area contributed by atoms with Crippen molar-refractivity contribution in [1.82, 2.24) is 0 Å². The van der Waals surface area contributed by atoms with E-state index in [0.29, 0.717) is 0 Å². The maximum absolute atomic E-state index is 3.72. The van der Waals surface area contributed by atoms with Gasteiger partial charge in [-0.1, -0.05) is 18.7 Å². The Hall–Kier alpha value is 0.127. The zero-order chi connectivity index (χ0) is 7.33. The molecule has 0 aromatic rings. The largest absolute Gasteiger partial charge is 0.148 e. The van der Waals surface area contributed by atoms with Gasteiger partial charge in [0.2, 0.25) is 0 Å². The van der Waals surface area contributed by atoms with Crippen molar-refractivity contribution in [2.45, 2.75) is 18.6 Å². The van der Waals surface area contributed by atoms with E-state index in [1.807, 2.05) is 12.2 Å². The lowest BCUT2D eigenvalue weighted by Gasteiger charge is -2.16. The second kappa shape index (κ2) is 4.03. The first-order valence-electron chi connectivity index (χ1n) is 3.13. The molecule has 0 aliphatic rings. The molecule has 0 saturated heterocycles. The minimum Gasteiger partial charge on any atom is -0.148 e. The first kappa shape index (κ1) is 9.13. The Kier molecular flexibility index (Phi) is 4.08. The molecule has 0 N–H and O–H groups in total. The van der Waals surface area contributed by atoms with Crippen LogP contribution in [0.4, 0.5) is 0 Å². The van der Waals surface area contributed by atoms with Crippen LogP contribution in [0.15, 0.2) is 25.3 Å². The second-order valence-corrected chi connectivity index (χ2v) is 10.9. The van der Waals surface area contributed by atoms with Crippen LogP contribution in [0.25, 0.3) is 0 Å². The highest BCUT2D eigenvalue weighted by Crippen LogP contribution is 2.23. The molecule has 0 radical (unpaired) electrons. The third kappa shape index (κ3) is 4.62. The smallest absolute Gasteiger partial charge is 0.0789 e. The fourth-order valence-electron chi connectivity index (χ4n) is 0.743. The van der Waals surface area contributed by atoms with Crippen LogP contribution in [0.1, 0.15) is 0 Å². The third-order valence-electron chi connectivity index (χ3n) is 1.22. The van der Waals surface area contributed by atoms with Crippen LogP contribution in [0.3, 0.4) is 0 Å². The Morgan fingerprint density at radius 2 is 1.67 bits per heavy atom. The number of allylic oxidation sites excluding steroid dienone is 2. The van der Waals surface area contributed by atoms with Gasteiger partial charge in [-0.05, 0) is 12.1 Å². The summed E-state index contributed by atoms with van der Waals surface area (Å²) in [6.07, 6.45) is 4.01. The average molecular weight is 158 g/mol. The Labute approximate surface area is 61.1 Å². The van der Waals surface area contributed by atoms with Gasteiger partial charge in [0.25, 0.3) is 0 Å². The third-order valence-corrected chi connectivity index (χ3v) is 5.08. The highest BCUT2D eigenvalue weighted by Gasteiger charge is 2.15. The van der Waals surface area contributed by atoms with Crippen LogP contribution in [0.2, 0.25) is 18.6 Å². The van der Waals surface area contributed by atoms with Gasteiger partial charge in [-0.15, -0.1) is 21.9 Å². The molecule has 0 aliphatic heterocycles. The van der Waals surface area contributed by atoms with Gasteiger partial charge in [-0.3, -0.25) is 0 Å². The maximum atomic E-state index is 3.72. The second-order valence-electron chi connectivity index (χ2n) is 2.64. The number of hydrogen-bond donors (Lipinski definition) is 0. The Balaban J connectivity index is 3.68.